The minimum Gasteiger partial charge on any atom is -0.493 e. The number of nitrogens with zero attached hydrogens (tertiary/aromatic N) is 1. The van der Waals surface area contributed by atoms with Gasteiger partial charge in [0.2, 0.25) is 0 Å². The second kappa shape index (κ2) is 6.95. The Morgan fingerprint density at radius 3 is 2.38 bits per heavy atom. The fourth-order valence-electron chi connectivity index (χ4n) is 2.40. The van der Waals surface area contributed by atoms with Gasteiger partial charge >= 0.3 is 0 Å². The Kier molecular flexibility index (Phi) is 5.00. The molecule has 0 saturated carbocycles. The average Bonchev–Trinajstić information content (AvgIpc) is 2.54. The molecule has 0 aliphatic rings. The third-order valence-electron chi connectivity index (χ3n) is 3.83. The molecule has 21 heavy (non-hydrogen) atoms. The highest BCUT2D eigenvalue weighted by molar-refractivity contribution is 5.32. The number of benzene rings is 2. The molecular formula is C19H21NO. The van der Waals surface area contributed by atoms with E-state index in [1.807, 2.05) is 68.4 Å². The van der Waals surface area contributed by atoms with Gasteiger partial charge in [0.05, 0.1) is 18.1 Å². The number of hydrogen-bond acceptors (Lipinski definition) is 2. The highest BCUT2D eigenvalue weighted by Crippen LogP contribution is 2.28. The Morgan fingerprint density at radius 2 is 1.71 bits per heavy atom. The van der Waals surface area contributed by atoms with E-state index in [1.54, 1.807) is 0 Å². The maximum absolute atomic E-state index is 9.51. The second-order valence-corrected chi connectivity index (χ2v) is 5.53. The zero-order valence-corrected chi connectivity index (χ0v) is 12.7. The zero-order chi connectivity index (χ0) is 15.1. The Labute approximate surface area is 127 Å². The van der Waals surface area contributed by atoms with E-state index in [0.29, 0.717) is 6.61 Å². The van der Waals surface area contributed by atoms with Crippen LogP contribution < -0.4 is 4.74 Å². The molecule has 0 N–H and O–H groups in total. The average molecular weight is 279 g/mol. The lowest BCUT2D eigenvalue weighted by Gasteiger charge is -2.22. The Hall–Kier alpha value is -2.27. The Bertz CT molecular complexity index is 615. The lowest BCUT2D eigenvalue weighted by Crippen LogP contribution is -2.20. The topological polar surface area (TPSA) is 33.0 Å². The first kappa shape index (κ1) is 15.1. The van der Waals surface area contributed by atoms with E-state index in [-0.39, 0.29) is 0 Å². The van der Waals surface area contributed by atoms with Gasteiger partial charge in [0, 0.05) is 0 Å². The van der Waals surface area contributed by atoms with E-state index in [1.165, 1.54) is 0 Å². The van der Waals surface area contributed by atoms with E-state index >= 15 is 0 Å². The van der Waals surface area contributed by atoms with Crippen LogP contribution in [-0.2, 0) is 5.41 Å². The fourth-order valence-corrected chi connectivity index (χ4v) is 2.40. The van der Waals surface area contributed by atoms with E-state index in [0.717, 1.165) is 29.7 Å². The summed E-state index contributed by atoms with van der Waals surface area (Å²) in [5, 5.41) is 9.51. The third-order valence-corrected chi connectivity index (χ3v) is 3.83. The van der Waals surface area contributed by atoms with Gasteiger partial charge in [0.25, 0.3) is 0 Å². The van der Waals surface area contributed by atoms with Crippen LogP contribution in [0.2, 0.25) is 0 Å². The quantitative estimate of drug-likeness (QED) is 0.722. The lowest BCUT2D eigenvalue weighted by molar-refractivity contribution is 0.294. The second-order valence-electron chi connectivity index (χ2n) is 5.53. The van der Waals surface area contributed by atoms with Crippen LogP contribution in [0.4, 0.5) is 0 Å². The van der Waals surface area contributed by atoms with E-state index in [2.05, 4.69) is 6.07 Å². The number of hydrogen-bond donors (Lipinski definition) is 0. The molecule has 0 bridgehead atoms. The summed E-state index contributed by atoms with van der Waals surface area (Å²) in [7, 11) is 0. The molecule has 1 atom stereocenters. The fraction of sp³-hybridized carbons (Fsp3) is 0.316. The van der Waals surface area contributed by atoms with Gasteiger partial charge < -0.3 is 4.74 Å². The number of nitriles is 1. The standard InChI is InChI=1S/C19H21NO/c1-16-9-6-7-12-18(16)21-14-8-13-19(2,15-20)17-10-4-3-5-11-17/h3-7,9-12H,8,13-14H2,1-2H3. The molecule has 0 fully saturated rings. The van der Waals surface area contributed by atoms with Crippen molar-refractivity contribution < 1.29 is 4.74 Å². The number of aryl methyl sites for hydroxylation is 1. The summed E-state index contributed by atoms with van der Waals surface area (Å²) in [5.74, 6) is 0.927. The SMILES string of the molecule is Cc1ccccc1OCCCC(C)(C#N)c1ccccc1. The first-order valence-corrected chi connectivity index (χ1v) is 7.31. The highest BCUT2D eigenvalue weighted by Gasteiger charge is 2.25. The summed E-state index contributed by atoms with van der Waals surface area (Å²) in [6.45, 7) is 4.67. The molecule has 0 aromatic heterocycles. The van der Waals surface area contributed by atoms with Gasteiger partial charge in [0.15, 0.2) is 0 Å². The molecule has 2 nitrogen and oxygen atoms in total. The van der Waals surface area contributed by atoms with Crippen LogP contribution in [0.5, 0.6) is 5.75 Å². The van der Waals surface area contributed by atoms with Crippen molar-refractivity contribution in [1.82, 2.24) is 0 Å². The molecule has 108 valence electrons. The predicted octanol–water partition coefficient (Wildman–Crippen LogP) is 4.64. The monoisotopic (exact) mass is 279 g/mol. The molecule has 0 amide bonds. The van der Waals surface area contributed by atoms with Crippen LogP contribution in [0.15, 0.2) is 54.6 Å². The largest absolute Gasteiger partial charge is 0.493 e. The normalized spacial score (nSPS) is 13.2. The van der Waals surface area contributed by atoms with Crippen molar-refractivity contribution >= 4 is 0 Å². The maximum Gasteiger partial charge on any atom is 0.122 e. The van der Waals surface area contributed by atoms with Crippen LogP contribution >= 0.6 is 0 Å². The van der Waals surface area contributed by atoms with Gasteiger partial charge in [-0.05, 0) is 43.9 Å². The molecule has 0 spiro atoms. The van der Waals surface area contributed by atoms with Crippen LogP contribution in [-0.4, -0.2) is 6.61 Å². The molecule has 0 aliphatic carbocycles. The van der Waals surface area contributed by atoms with Crippen LogP contribution in [0.25, 0.3) is 0 Å². The lowest BCUT2D eigenvalue weighted by atomic mass is 9.80. The molecule has 0 heterocycles. The zero-order valence-electron chi connectivity index (χ0n) is 12.7. The minimum atomic E-state index is -0.448. The maximum atomic E-state index is 9.51. The molecule has 1 unspecified atom stereocenters. The van der Waals surface area contributed by atoms with Gasteiger partial charge in [-0.1, -0.05) is 48.5 Å². The minimum absolute atomic E-state index is 0.448. The summed E-state index contributed by atoms with van der Waals surface area (Å²) in [5.41, 5.74) is 1.77. The Morgan fingerprint density at radius 1 is 1.05 bits per heavy atom. The number of rotatable bonds is 6. The summed E-state index contributed by atoms with van der Waals surface area (Å²) in [6.07, 6.45) is 1.65. The van der Waals surface area contributed by atoms with Gasteiger partial charge in [-0.2, -0.15) is 5.26 Å². The molecular weight excluding hydrogens is 258 g/mol. The van der Waals surface area contributed by atoms with Gasteiger partial charge in [0.1, 0.15) is 5.75 Å². The van der Waals surface area contributed by atoms with Crippen LogP contribution in [0.1, 0.15) is 30.9 Å². The first-order chi connectivity index (χ1) is 10.2. The molecule has 0 saturated heterocycles. The number of ether oxygens (including phenoxy) is 1. The highest BCUT2D eigenvalue weighted by atomic mass is 16.5. The van der Waals surface area contributed by atoms with Crippen molar-refractivity contribution in [2.75, 3.05) is 6.61 Å². The molecule has 0 aliphatic heterocycles. The third kappa shape index (κ3) is 3.86. The molecule has 2 heteroatoms. The first-order valence-electron chi connectivity index (χ1n) is 7.31. The molecule has 2 rings (SSSR count). The summed E-state index contributed by atoms with van der Waals surface area (Å²) in [6, 6.07) is 20.4. The van der Waals surface area contributed by atoms with E-state index in [9.17, 15) is 5.26 Å². The van der Waals surface area contributed by atoms with Crippen molar-refractivity contribution in [3.63, 3.8) is 0 Å². The van der Waals surface area contributed by atoms with Crippen LogP contribution in [0, 0.1) is 18.3 Å². The van der Waals surface area contributed by atoms with Crippen molar-refractivity contribution in [3.8, 4) is 11.8 Å². The summed E-state index contributed by atoms with van der Waals surface area (Å²) >= 11 is 0. The van der Waals surface area contributed by atoms with E-state index < -0.39 is 5.41 Å². The summed E-state index contributed by atoms with van der Waals surface area (Å²) in [4.78, 5) is 0. The van der Waals surface area contributed by atoms with Crippen molar-refractivity contribution in [2.45, 2.75) is 32.1 Å². The summed E-state index contributed by atoms with van der Waals surface area (Å²) < 4.78 is 5.80. The van der Waals surface area contributed by atoms with Crippen molar-refractivity contribution in [1.29, 1.82) is 5.26 Å². The van der Waals surface area contributed by atoms with Crippen LogP contribution in [0.3, 0.4) is 0 Å². The van der Waals surface area contributed by atoms with E-state index in [4.69, 9.17) is 4.74 Å². The van der Waals surface area contributed by atoms with Gasteiger partial charge in [-0.15, -0.1) is 0 Å². The van der Waals surface area contributed by atoms with Gasteiger partial charge in [-0.3, -0.25) is 0 Å². The van der Waals surface area contributed by atoms with Crippen molar-refractivity contribution in [2.24, 2.45) is 0 Å². The van der Waals surface area contributed by atoms with Crippen molar-refractivity contribution in [3.05, 3.63) is 65.7 Å². The number of para-hydroxylation sites is 1. The molecule has 0 radical (unpaired) electrons. The Balaban J connectivity index is 1.90. The smallest absolute Gasteiger partial charge is 0.122 e. The van der Waals surface area contributed by atoms with Gasteiger partial charge in [-0.25, -0.2) is 0 Å². The predicted molar refractivity (Wildman–Crippen MR) is 85.3 cm³/mol. The molecule has 2 aromatic rings. The molecule has 2 aromatic carbocycles.